The Labute approximate surface area is 204 Å². The van der Waals surface area contributed by atoms with Gasteiger partial charge in [-0.3, -0.25) is 4.79 Å². The van der Waals surface area contributed by atoms with Gasteiger partial charge in [0.1, 0.15) is 11.3 Å². The summed E-state index contributed by atoms with van der Waals surface area (Å²) in [6.45, 7) is 4.38. The molecule has 3 aromatic rings. The van der Waals surface area contributed by atoms with E-state index in [9.17, 15) is 4.79 Å². The molecule has 4 rings (SSSR count). The molecule has 1 saturated carbocycles. The van der Waals surface area contributed by atoms with Gasteiger partial charge in [0.15, 0.2) is 0 Å². The van der Waals surface area contributed by atoms with Gasteiger partial charge < -0.3 is 14.5 Å². The molecule has 6 heteroatoms. The monoisotopic (exact) mass is 485 g/mol. The number of rotatable bonds is 6. The minimum atomic E-state index is -0.0601. The number of hydrogen-bond acceptors (Lipinski definition) is 3. The molecule has 1 heterocycles. The van der Waals surface area contributed by atoms with E-state index in [0.717, 1.165) is 40.5 Å². The Morgan fingerprint density at radius 3 is 2.58 bits per heavy atom. The zero-order valence-corrected chi connectivity index (χ0v) is 20.6. The lowest BCUT2D eigenvalue weighted by Crippen LogP contribution is -2.33. The molecule has 1 N–H and O–H groups in total. The molecule has 0 spiro atoms. The fourth-order valence-electron chi connectivity index (χ4n) is 4.50. The summed E-state index contributed by atoms with van der Waals surface area (Å²) in [5.74, 6) is 0.624. The van der Waals surface area contributed by atoms with Crippen LogP contribution in [-0.4, -0.2) is 18.6 Å². The van der Waals surface area contributed by atoms with Crippen molar-refractivity contribution in [1.82, 2.24) is 5.32 Å². The van der Waals surface area contributed by atoms with Gasteiger partial charge in [0, 0.05) is 45.3 Å². The maximum atomic E-state index is 12.8. The van der Waals surface area contributed by atoms with E-state index in [1.54, 1.807) is 24.5 Å². The molecule has 0 saturated heterocycles. The van der Waals surface area contributed by atoms with Crippen LogP contribution in [0.2, 0.25) is 10.0 Å². The van der Waals surface area contributed by atoms with Crippen LogP contribution < -0.4 is 10.1 Å². The lowest BCUT2D eigenvalue weighted by atomic mass is 9.99. The number of amides is 1. The smallest absolute Gasteiger partial charge is 0.244 e. The molecule has 1 amide bonds. The van der Waals surface area contributed by atoms with E-state index < -0.39 is 0 Å². The molecule has 1 aromatic heterocycles. The number of allylic oxidation sites excluding steroid dienone is 1. The van der Waals surface area contributed by atoms with Crippen molar-refractivity contribution in [2.24, 2.45) is 0 Å². The molecule has 1 fully saturated rings. The zero-order chi connectivity index (χ0) is 23.4. The van der Waals surface area contributed by atoms with E-state index >= 15 is 0 Å². The highest BCUT2D eigenvalue weighted by atomic mass is 35.5. The normalized spacial score (nSPS) is 15.5. The van der Waals surface area contributed by atoms with Crippen LogP contribution in [0.4, 0.5) is 0 Å². The van der Waals surface area contributed by atoms with Crippen LogP contribution in [0.5, 0.6) is 5.75 Å². The molecular formula is C27H29Cl2NO3. The summed E-state index contributed by atoms with van der Waals surface area (Å²) < 4.78 is 11.7. The van der Waals surface area contributed by atoms with Crippen LogP contribution in [0.15, 0.2) is 47.1 Å². The molecule has 0 aliphatic heterocycles. The molecule has 4 nitrogen and oxygen atoms in total. The van der Waals surface area contributed by atoms with Gasteiger partial charge in [-0.1, -0.05) is 55.0 Å². The van der Waals surface area contributed by atoms with Crippen molar-refractivity contribution in [2.75, 3.05) is 6.61 Å². The molecule has 1 aliphatic rings. The van der Waals surface area contributed by atoms with E-state index in [4.69, 9.17) is 32.4 Å². The second-order valence-corrected chi connectivity index (χ2v) is 9.42. The molecule has 0 atom stereocenters. The van der Waals surface area contributed by atoms with E-state index in [2.05, 4.69) is 5.32 Å². The average molecular weight is 486 g/mol. The first kappa shape index (κ1) is 23.7. The van der Waals surface area contributed by atoms with Crippen LogP contribution in [0.25, 0.3) is 27.7 Å². The van der Waals surface area contributed by atoms with Crippen molar-refractivity contribution in [3.8, 4) is 16.9 Å². The molecule has 33 heavy (non-hydrogen) atoms. The number of hydrogen-bond donors (Lipinski definition) is 1. The predicted molar refractivity (Wildman–Crippen MR) is 136 cm³/mol. The lowest BCUT2D eigenvalue weighted by Gasteiger charge is -2.16. The molecule has 0 radical (unpaired) electrons. The average Bonchev–Trinajstić information content (AvgIpc) is 3.00. The van der Waals surface area contributed by atoms with E-state index in [-0.39, 0.29) is 11.9 Å². The maximum Gasteiger partial charge on any atom is 0.244 e. The molecule has 1 aliphatic carbocycles. The molecule has 0 unspecified atom stereocenters. The Kier molecular flexibility index (Phi) is 7.67. The fraction of sp³-hybridized carbons (Fsp3) is 0.370. The third-order valence-electron chi connectivity index (χ3n) is 6.17. The van der Waals surface area contributed by atoms with Crippen molar-refractivity contribution in [3.05, 3.63) is 58.3 Å². The summed E-state index contributed by atoms with van der Waals surface area (Å²) in [6, 6.07) is 9.55. The van der Waals surface area contributed by atoms with Crippen LogP contribution in [-0.2, 0) is 4.79 Å². The highest BCUT2D eigenvalue weighted by Gasteiger charge is 2.18. The summed E-state index contributed by atoms with van der Waals surface area (Å²) in [5, 5.41) is 5.22. The van der Waals surface area contributed by atoms with Gasteiger partial charge in [0.05, 0.1) is 17.9 Å². The van der Waals surface area contributed by atoms with Crippen LogP contribution in [0.3, 0.4) is 0 Å². The molecule has 2 aromatic carbocycles. The molecule has 0 bridgehead atoms. The SMILES string of the molecule is CCOc1cc2occ(-c3ccc(Cl)cc3Cl)c2cc1/C(C)=C/C(=O)NC1CCCCCC1. The van der Waals surface area contributed by atoms with Gasteiger partial charge in [-0.2, -0.15) is 0 Å². The van der Waals surface area contributed by atoms with E-state index in [1.807, 2.05) is 32.0 Å². The van der Waals surface area contributed by atoms with Crippen molar-refractivity contribution < 1.29 is 13.9 Å². The van der Waals surface area contributed by atoms with Gasteiger partial charge >= 0.3 is 0 Å². The van der Waals surface area contributed by atoms with Gasteiger partial charge in [-0.15, -0.1) is 0 Å². The van der Waals surface area contributed by atoms with Crippen LogP contribution in [0.1, 0.15) is 57.9 Å². The second kappa shape index (κ2) is 10.7. The fourth-order valence-corrected chi connectivity index (χ4v) is 5.01. The third kappa shape index (κ3) is 5.56. The quantitative estimate of drug-likeness (QED) is 0.283. The summed E-state index contributed by atoms with van der Waals surface area (Å²) in [4.78, 5) is 12.8. The van der Waals surface area contributed by atoms with Crippen molar-refractivity contribution in [2.45, 2.75) is 58.4 Å². The van der Waals surface area contributed by atoms with Crippen molar-refractivity contribution in [1.29, 1.82) is 0 Å². The number of ether oxygens (including phenoxy) is 1. The first-order valence-electron chi connectivity index (χ1n) is 11.6. The number of carbonyl (C=O) groups excluding carboxylic acids is 1. The van der Waals surface area contributed by atoms with E-state index in [1.165, 1.54) is 25.7 Å². The number of furan rings is 1. The Morgan fingerprint density at radius 2 is 1.88 bits per heavy atom. The Morgan fingerprint density at radius 1 is 1.12 bits per heavy atom. The van der Waals surface area contributed by atoms with Gasteiger partial charge in [-0.25, -0.2) is 0 Å². The Bertz CT molecular complexity index is 1170. The second-order valence-electron chi connectivity index (χ2n) is 8.58. The zero-order valence-electron chi connectivity index (χ0n) is 19.0. The molecule has 174 valence electrons. The van der Waals surface area contributed by atoms with Crippen molar-refractivity contribution in [3.63, 3.8) is 0 Å². The first-order chi connectivity index (χ1) is 16.0. The van der Waals surface area contributed by atoms with Crippen LogP contribution in [0, 0.1) is 0 Å². The Hall–Kier alpha value is -2.43. The summed E-state index contributed by atoms with van der Waals surface area (Å²) in [6.07, 6.45) is 10.3. The first-order valence-corrected chi connectivity index (χ1v) is 12.3. The van der Waals surface area contributed by atoms with Gasteiger partial charge in [-0.05, 0) is 50.5 Å². The van der Waals surface area contributed by atoms with Gasteiger partial charge in [0.2, 0.25) is 5.91 Å². The highest BCUT2D eigenvalue weighted by Crippen LogP contribution is 2.40. The number of fused-ring (bicyclic) bond motifs is 1. The topological polar surface area (TPSA) is 51.5 Å². The predicted octanol–water partition coefficient (Wildman–Crippen LogP) is 8.05. The maximum absolute atomic E-state index is 12.8. The van der Waals surface area contributed by atoms with E-state index in [0.29, 0.717) is 28.0 Å². The van der Waals surface area contributed by atoms with Crippen molar-refractivity contribution >= 4 is 45.7 Å². The standard InChI is InChI=1S/C27H29Cl2NO3/c1-3-32-25-15-26-22(23(16-33-26)20-11-10-18(28)13-24(20)29)14-21(25)17(2)12-27(31)30-19-8-6-4-5-7-9-19/h10-16,19H,3-9H2,1-2H3,(H,30,31)/b17-12+. The largest absolute Gasteiger partial charge is 0.493 e. The minimum Gasteiger partial charge on any atom is -0.493 e. The van der Waals surface area contributed by atoms with Gasteiger partial charge in [0.25, 0.3) is 0 Å². The highest BCUT2D eigenvalue weighted by molar-refractivity contribution is 6.36. The number of benzene rings is 2. The number of nitrogens with one attached hydrogen (secondary N) is 1. The summed E-state index contributed by atoms with van der Waals surface area (Å²) in [5.41, 5.74) is 4.09. The lowest BCUT2D eigenvalue weighted by molar-refractivity contribution is -0.117. The summed E-state index contributed by atoms with van der Waals surface area (Å²) in [7, 11) is 0. The van der Waals surface area contributed by atoms with Crippen LogP contribution >= 0.6 is 23.2 Å². The minimum absolute atomic E-state index is 0.0601. The summed E-state index contributed by atoms with van der Waals surface area (Å²) >= 11 is 12.5. The third-order valence-corrected chi connectivity index (χ3v) is 6.72. The number of carbonyl (C=O) groups is 1. The number of halogens is 2. The molecular weight excluding hydrogens is 457 g/mol. The Balaban J connectivity index is 1.69.